The van der Waals surface area contributed by atoms with Crippen LogP contribution in [0, 0.1) is 17.1 Å². The van der Waals surface area contributed by atoms with E-state index in [0.29, 0.717) is 22.8 Å². The van der Waals surface area contributed by atoms with E-state index < -0.39 is 17.1 Å². The van der Waals surface area contributed by atoms with E-state index in [-0.39, 0.29) is 17.2 Å². The molecule has 0 bridgehead atoms. The summed E-state index contributed by atoms with van der Waals surface area (Å²) < 4.78 is 14.7. The molecule has 3 heterocycles. The van der Waals surface area contributed by atoms with Crippen LogP contribution >= 0.6 is 0 Å². The third-order valence-corrected chi connectivity index (χ3v) is 5.61. The van der Waals surface area contributed by atoms with Crippen LogP contribution in [0.4, 0.5) is 15.9 Å². The Morgan fingerprint density at radius 2 is 1.57 bits per heavy atom. The molecule has 4 aromatic rings. The van der Waals surface area contributed by atoms with E-state index in [1.165, 1.54) is 31.3 Å². The molecule has 37 heavy (non-hydrogen) atoms. The minimum Gasteiger partial charge on any atom is -0.319 e. The minimum absolute atomic E-state index is 0.00984. The van der Waals surface area contributed by atoms with Crippen molar-refractivity contribution in [2.24, 2.45) is 0 Å². The van der Waals surface area contributed by atoms with Crippen molar-refractivity contribution in [2.75, 3.05) is 10.6 Å². The van der Waals surface area contributed by atoms with Crippen LogP contribution in [0.15, 0.2) is 73.2 Å². The minimum atomic E-state index is -0.877. The van der Waals surface area contributed by atoms with Gasteiger partial charge < -0.3 is 10.6 Å². The molecule has 184 valence electrons. The third kappa shape index (κ3) is 5.82. The fourth-order valence-corrected chi connectivity index (χ4v) is 3.57. The maximum atomic E-state index is 14.7. The summed E-state index contributed by atoms with van der Waals surface area (Å²) >= 11 is 0. The predicted octanol–water partition coefficient (Wildman–Crippen LogP) is 5.36. The maximum absolute atomic E-state index is 14.7. The van der Waals surface area contributed by atoms with Crippen LogP contribution in [0.2, 0.25) is 0 Å². The molecule has 0 saturated heterocycles. The SMILES string of the molecule is CC(=O)Nc1cc(-c2cc(-c3ccc(F)c(NC(=O)c4ccnc(C(C)(C)C#N)c4)c3)ccn2)ccn1. The zero-order chi connectivity index (χ0) is 26.6. The van der Waals surface area contributed by atoms with Gasteiger partial charge in [0, 0.05) is 36.6 Å². The second-order valence-electron chi connectivity index (χ2n) is 8.86. The molecule has 0 atom stereocenters. The largest absolute Gasteiger partial charge is 0.319 e. The Balaban J connectivity index is 1.61. The molecule has 3 aromatic heterocycles. The van der Waals surface area contributed by atoms with Crippen LogP contribution in [0.5, 0.6) is 0 Å². The molecule has 0 aliphatic carbocycles. The standard InChI is InChI=1S/C28H23FN6O2/c1-17(36)34-26-15-20(7-11-33-26)23-12-19(6-9-31-23)18-4-5-22(29)24(13-18)35-27(37)21-8-10-32-25(14-21)28(2,3)16-30/h4-15H,1-3H3,(H,35,37)(H,33,34,36). The quantitative estimate of drug-likeness (QED) is 0.372. The Labute approximate surface area is 213 Å². The normalized spacial score (nSPS) is 10.9. The zero-order valence-electron chi connectivity index (χ0n) is 20.4. The highest BCUT2D eigenvalue weighted by molar-refractivity contribution is 6.04. The molecule has 0 aliphatic rings. The number of amides is 2. The molecule has 0 aliphatic heterocycles. The summed E-state index contributed by atoms with van der Waals surface area (Å²) in [5.41, 5.74) is 2.62. The molecule has 2 N–H and O–H groups in total. The third-order valence-electron chi connectivity index (χ3n) is 5.61. The monoisotopic (exact) mass is 494 g/mol. The van der Waals surface area contributed by atoms with Crippen LogP contribution in [-0.2, 0) is 10.2 Å². The first kappa shape index (κ1) is 25.1. The van der Waals surface area contributed by atoms with Gasteiger partial charge in [-0.3, -0.25) is 19.6 Å². The Bertz CT molecular complexity index is 1540. The molecule has 1 aromatic carbocycles. The van der Waals surface area contributed by atoms with E-state index in [2.05, 4.69) is 31.7 Å². The molecule has 4 rings (SSSR count). The number of nitriles is 1. The smallest absolute Gasteiger partial charge is 0.255 e. The molecule has 0 unspecified atom stereocenters. The van der Waals surface area contributed by atoms with Gasteiger partial charge in [0.05, 0.1) is 28.6 Å². The summed E-state index contributed by atoms with van der Waals surface area (Å²) in [6.45, 7) is 4.81. The number of anilines is 2. The molecular weight excluding hydrogens is 471 g/mol. The summed E-state index contributed by atoms with van der Waals surface area (Å²) in [7, 11) is 0. The molecule has 8 nitrogen and oxygen atoms in total. The van der Waals surface area contributed by atoms with Gasteiger partial charge in [-0.25, -0.2) is 9.37 Å². The summed E-state index contributed by atoms with van der Waals surface area (Å²) in [4.78, 5) is 37.0. The lowest BCUT2D eigenvalue weighted by Crippen LogP contribution is -2.19. The number of rotatable bonds is 6. The van der Waals surface area contributed by atoms with Gasteiger partial charge in [0.15, 0.2) is 0 Å². The number of carbonyl (C=O) groups is 2. The molecular formula is C28H23FN6O2. The molecule has 0 fully saturated rings. The lowest BCUT2D eigenvalue weighted by Gasteiger charge is -2.15. The number of aromatic nitrogens is 3. The van der Waals surface area contributed by atoms with Crippen LogP contribution in [0.25, 0.3) is 22.4 Å². The first-order valence-electron chi connectivity index (χ1n) is 11.4. The summed E-state index contributed by atoms with van der Waals surface area (Å²) in [6, 6.07) is 16.7. The van der Waals surface area contributed by atoms with E-state index in [1.807, 2.05) is 6.07 Å². The van der Waals surface area contributed by atoms with Crippen LogP contribution in [0.1, 0.15) is 36.8 Å². The molecule has 2 amide bonds. The van der Waals surface area contributed by atoms with Crippen LogP contribution < -0.4 is 10.6 Å². The Hall–Kier alpha value is -4.97. The summed E-state index contributed by atoms with van der Waals surface area (Å²) in [5, 5.41) is 14.6. The number of nitrogens with zero attached hydrogens (tertiary/aromatic N) is 4. The summed E-state index contributed by atoms with van der Waals surface area (Å²) in [6.07, 6.45) is 4.65. The molecule has 0 radical (unpaired) electrons. The van der Waals surface area contributed by atoms with E-state index in [1.54, 1.807) is 56.6 Å². The van der Waals surface area contributed by atoms with Gasteiger partial charge in [-0.2, -0.15) is 5.26 Å². The zero-order valence-corrected chi connectivity index (χ0v) is 20.4. The number of benzene rings is 1. The van der Waals surface area contributed by atoms with Gasteiger partial charge in [-0.15, -0.1) is 0 Å². The lowest BCUT2D eigenvalue weighted by molar-refractivity contribution is -0.114. The second kappa shape index (κ2) is 10.3. The molecule has 0 saturated carbocycles. The number of halogens is 1. The van der Waals surface area contributed by atoms with Crippen LogP contribution in [0.3, 0.4) is 0 Å². The maximum Gasteiger partial charge on any atom is 0.255 e. The highest BCUT2D eigenvalue weighted by Gasteiger charge is 2.23. The van der Waals surface area contributed by atoms with Gasteiger partial charge in [-0.1, -0.05) is 6.07 Å². The van der Waals surface area contributed by atoms with Gasteiger partial charge in [0.2, 0.25) is 5.91 Å². The van der Waals surface area contributed by atoms with Gasteiger partial charge >= 0.3 is 0 Å². The van der Waals surface area contributed by atoms with Crippen molar-refractivity contribution < 1.29 is 14.0 Å². The van der Waals surface area contributed by atoms with Gasteiger partial charge in [0.25, 0.3) is 5.91 Å². The second-order valence-corrected chi connectivity index (χ2v) is 8.86. The number of carbonyl (C=O) groups excluding carboxylic acids is 2. The van der Waals surface area contributed by atoms with Crippen molar-refractivity contribution in [1.82, 2.24) is 15.0 Å². The van der Waals surface area contributed by atoms with Crippen molar-refractivity contribution in [2.45, 2.75) is 26.2 Å². The van der Waals surface area contributed by atoms with Crippen molar-refractivity contribution in [3.63, 3.8) is 0 Å². The highest BCUT2D eigenvalue weighted by atomic mass is 19.1. The van der Waals surface area contributed by atoms with E-state index in [4.69, 9.17) is 0 Å². The fourth-order valence-electron chi connectivity index (χ4n) is 3.57. The molecule has 0 spiro atoms. The van der Waals surface area contributed by atoms with Gasteiger partial charge in [-0.05, 0) is 73.5 Å². The number of hydrogen-bond acceptors (Lipinski definition) is 6. The predicted molar refractivity (Wildman–Crippen MR) is 138 cm³/mol. The number of pyridine rings is 3. The van der Waals surface area contributed by atoms with Crippen molar-refractivity contribution in [3.05, 3.63) is 90.3 Å². The lowest BCUT2D eigenvalue weighted by atomic mass is 9.90. The average Bonchev–Trinajstić information content (AvgIpc) is 2.90. The first-order valence-corrected chi connectivity index (χ1v) is 11.4. The first-order chi connectivity index (χ1) is 17.7. The van der Waals surface area contributed by atoms with Crippen molar-refractivity contribution in [1.29, 1.82) is 5.26 Å². The van der Waals surface area contributed by atoms with E-state index in [9.17, 15) is 19.2 Å². The Morgan fingerprint density at radius 3 is 2.32 bits per heavy atom. The number of nitrogens with one attached hydrogen (secondary N) is 2. The Morgan fingerprint density at radius 1 is 0.865 bits per heavy atom. The van der Waals surface area contributed by atoms with Gasteiger partial charge in [0.1, 0.15) is 11.6 Å². The van der Waals surface area contributed by atoms with Crippen molar-refractivity contribution >= 4 is 23.3 Å². The molecule has 9 heteroatoms. The topological polar surface area (TPSA) is 121 Å². The van der Waals surface area contributed by atoms with Crippen molar-refractivity contribution in [3.8, 4) is 28.5 Å². The number of hydrogen-bond donors (Lipinski definition) is 2. The average molecular weight is 495 g/mol. The van der Waals surface area contributed by atoms with E-state index >= 15 is 0 Å². The Kier molecular flexibility index (Phi) is 7.02. The van der Waals surface area contributed by atoms with E-state index in [0.717, 1.165) is 11.1 Å². The van der Waals surface area contributed by atoms with Crippen LogP contribution in [-0.4, -0.2) is 26.8 Å². The summed E-state index contributed by atoms with van der Waals surface area (Å²) in [5.74, 6) is -0.941. The fraction of sp³-hybridized carbons (Fsp3) is 0.143. The highest BCUT2D eigenvalue weighted by Crippen LogP contribution is 2.29.